The average molecular weight is 305 g/mol. The van der Waals surface area contributed by atoms with Crippen molar-refractivity contribution in [2.24, 2.45) is 5.92 Å². The van der Waals surface area contributed by atoms with Crippen LogP contribution >= 0.6 is 0 Å². The van der Waals surface area contributed by atoms with Crippen molar-refractivity contribution >= 4 is 18.0 Å². The fourth-order valence-corrected chi connectivity index (χ4v) is 2.52. The molecule has 1 atom stereocenters. The summed E-state index contributed by atoms with van der Waals surface area (Å²) in [5, 5.41) is 10.4. The maximum absolute atomic E-state index is 12.2. The third-order valence-electron chi connectivity index (χ3n) is 3.78. The number of likely N-dealkylation sites (N-methyl/N-ethyl adjacent to an activating group) is 1. The predicted molar refractivity (Wildman–Crippen MR) is 84.0 cm³/mol. The summed E-state index contributed by atoms with van der Waals surface area (Å²) in [5.41, 5.74) is 1.48. The van der Waals surface area contributed by atoms with Crippen molar-refractivity contribution in [3.63, 3.8) is 0 Å². The van der Waals surface area contributed by atoms with E-state index in [1.165, 1.54) is 19.5 Å². The molecule has 0 saturated heterocycles. The summed E-state index contributed by atoms with van der Waals surface area (Å²) < 4.78 is 0. The zero-order chi connectivity index (χ0) is 17.0. The standard InChI is InChI=1S/C17H23NO4/c1-10(2)7-6-8-11(3)13-16(21)14(18(5)9-19)12(4)15(20)17(13)22/h7,9,11,21H,6,8H2,1-5H3/t11-/m1/s1. The van der Waals surface area contributed by atoms with E-state index in [1.54, 1.807) is 6.92 Å². The van der Waals surface area contributed by atoms with Gasteiger partial charge in [-0.15, -0.1) is 0 Å². The molecule has 0 spiro atoms. The quantitative estimate of drug-likeness (QED) is 0.354. The van der Waals surface area contributed by atoms with E-state index in [0.29, 0.717) is 12.8 Å². The molecule has 0 heterocycles. The number of aliphatic hydroxyl groups is 1. The largest absolute Gasteiger partial charge is 0.505 e. The highest BCUT2D eigenvalue weighted by molar-refractivity contribution is 6.50. The number of rotatable bonds is 6. The normalized spacial score (nSPS) is 16.8. The highest BCUT2D eigenvalue weighted by Gasteiger charge is 2.36. The van der Waals surface area contributed by atoms with Crippen LogP contribution in [0.1, 0.15) is 40.5 Å². The number of nitrogens with zero attached hydrogens (tertiary/aromatic N) is 1. The van der Waals surface area contributed by atoms with E-state index in [4.69, 9.17) is 0 Å². The van der Waals surface area contributed by atoms with Crippen LogP contribution in [0.25, 0.3) is 0 Å². The van der Waals surface area contributed by atoms with Crippen LogP contribution in [-0.2, 0) is 14.4 Å². The van der Waals surface area contributed by atoms with Crippen molar-refractivity contribution in [3.8, 4) is 0 Å². The Morgan fingerprint density at radius 3 is 2.36 bits per heavy atom. The molecule has 0 bridgehead atoms. The van der Waals surface area contributed by atoms with Crippen molar-refractivity contribution in [2.75, 3.05) is 7.05 Å². The minimum Gasteiger partial charge on any atom is -0.505 e. The summed E-state index contributed by atoms with van der Waals surface area (Å²) in [6.45, 7) is 7.21. The number of ketones is 2. The molecule has 1 aliphatic rings. The second-order valence-corrected chi connectivity index (χ2v) is 5.87. The molecule has 0 radical (unpaired) electrons. The second-order valence-electron chi connectivity index (χ2n) is 5.87. The van der Waals surface area contributed by atoms with Crippen molar-refractivity contribution < 1.29 is 19.5 Å². The topological polar surface area (TPSA) is 74.7 Å². The van der Waals surface area contributed by atoms with Crippen molar-refractivity contribution in [1.82, 2.24) is 4.90 Å². The molecular weight excluding hydrogens is 282 g/mol. The zero-order valence-corrected chi connectivity index (χ0v) is 13.8. The van der Waals surface area contributed by atoms with Gasteiger partial charge in [0.1, 0.15) is 5.76 Å². The first-order chi connectivity index (χ1) is 10.2. The van der Waals surface area contributed by atoms with Gasteiger partial charge in [0.15, 0.2) is 0 Å². The van der Waals surface area contributed by atoms with E-state index in [-0.39, 0.29) is 28.5 Å². The molecule has 5 heteroatoms. The lowest BCUT2D eigenvalue weighted by molar-refractivity contribution is -0.133. The highest BCUT2D eigenvalue weighted by atomic mass is 16.3. The van der Waals surface area contributed by atoms with Crippen molar-refractivity contribution in [1.29, 1.82) is 0 Å². The van der Waals surface area contributed by atoms with Gasteiger partial charge in [0.05, 0.1) is 11.3 Å². The van der Waals surface area contributed by atoms with Crippen molar-refractivity contribution in [3.05, 3.63) is 34.3 Å². The lowest BCUT2D eigenvalue weighted by atomic mass is 9.83. The molecule has 0 aromatic heterocycles. The van der Waals surface area contributed by atoms with E-state index >= 15 is 0 Å². The van der Waals surface area contributed by atoms with E-state index in [0.717, 1.165) is 11.3 Å². The molecule has 0 aliphatic heterocycles. The van der Waals surface area contributed by atoms with E-state index in [9.17, 15) is 19.5 Å². The maximum Gasteiger partial charge on any atom is 0.233 e. The third kappa shape index (κ3) is 3.53. The molecule has 22 heavy (non-hydrogen) atoms. The van der Waals surface area contributed by atoms with Gasteiger partial charge < -0.3 is 10.0 Å². The summed E-state index contributed by atoms with van der Waals surface area (Å²) >= 11 is 0. The number of carbonyl (C=O) groups excluding carboxylic acids is 3. The van der Waals surface area contributed by atoms with Gasteiger partial charge in [-0.2, -0.15) is 0 Å². The Hall–Kier alpha value is -2.17. The number of hydrogen-bond donors (Lipinski definition) is 1. The van der Waals surface area contributed by atoms with Gasteiger partial charge in [-0.3, -0.25) is 14.4 Å². The summed E-state index contributed by atoms with van der Waals surface area (Å²) in [6.07, 6.45) is 3.94. The number of Topliss-reactive ketones (excluding diaryl/α,β-unsaturated/α-hetero) is 2. The molecule has 5 nitrogen and oxygen atoms in total. The van der Waals surface area contributed by atoms with Crippen LogP contribution in [-0.4, -0.2) is 35.0 Å². The Balaban J connectivity index is 3.22. The van der Waals surface area contributed by atoms with Gasteiger partial charge in [-0.05, 0) is 39.5 Å². The fraction of sp³-hybridized carbons (Fsp3) is 0.471. The van der Waals surface area contributed by atoms with Gasteiger partial charge in [0, 0.05) is 12.6 Å². The van der Waals surface area contributed by atoms with Gasteiger partial charge >= 0.3 is 0 Å². The Bertz CT molecular complexity index is 592. The van der Waals surface area contributed by atoms with Gasteiger partial charge in [0.2, 0.25) is 18.0 Å². The van der Waals surface area contributed by atoms with E-state index < -0.39 is 11.6 Å². The van der Waals surface area contributed by atoms with Crippen LogP contribution in [0.4, 0.5) is 0 Å². The summed E-state index contributed by atoms with van der Waals surface area (Å²) in [7, 11) is 1.44. The monoisotopic (exact) mass is 305 g/mol. The Morgan fingerprint density at radius 2 is 1.86 bits per heavy atom. The highest BCUT2D eigenvalue weighted by Crippen LogP contribution is 2.31. The molecular formula is C17H23NO4. The molecule has 0 saturated carbocycles. The van der Waals surface area contributed by atoms with Crippen molar-refractivity contribution in [2.45, 2.75) is 40.5 Å². The number of allylic oxidation sites excluding steroid dienone is 4. The molecule has 0 unspecified atom stereocenters. The fourth-order valence-electron chi connectivity index (χ4n) is 2.52. The van der Waals surface area contributed by atoms with E-state index in [1.807, 2.05) is 19.9 Å². The lowest BCUT2D eigenvalue weighted by Crippen LogP contribution is -2.33. The maximum atomic E-state index is 12.2. The first-order valence-electron chi connectivity index (χ1n) is 7.27. The Kier molecular flexibility index (Phi) is 5.85. The van der Waals surface area contributed by atoms with Crippen LogP contribution in [0.15, 0.2) is 34.3 Å². The smallest absolute Gasteiger partial charge is 0.233 e. The van der Waals surface area contributed by atoms with Crippen LogP contribution in [0.5, 0.6) is 0 Å². The number of hydrogen-bond acceptors (Lipinski definition) is 4. The molecule has 0 aromatic carbocycles. The minimum atomic E-state index is -0.678. The van der Waals surface area contributed by atoms with E-state index in [2.05, 4.69) is 0 Å². The Morgan fingerprint density at radius 1 is 1.27 bits per heavy atom. The molecule has 1 amide bonds. The SMILES string of the molecule is CC(C)=CCC[C@@H](C)C1=C(O)C(N(C)C=O)=C(C)C(=O)C1=O. The van der Waals surface area contributed by atoms with Crippen LogP contribution in [0.3, 0.4) is 0 Å². The van der Waals surface area contributed by atoms with Crippen LogP contribution in [0, 0.1) is 5.92 Å². The summed E-state index contributed by atoms with van der Waals surface area (Å²) in [6, 6.07) is 0. The number of aliphatic hydroxyl groups excluding tert-OH is 1. The molecule has 0 fully saturated rings. The molecule has 0 aromatic rings. The zero-order valence-electron chi connectivity index (χ0n) is 13.8. The molecule has 120 valence electrons. The second kappa shape index (κ2) is 7.20. The minimum absolute atomic E-state index is 0.0948. The van der Waals surface area contributed by atoms with Crippen LogP contribution in [0.2, 0.25) is 0 Å². The third-order valence-corrected chi connectivity index (χ3v) is 3.78. The first-order valence-corrected chi connectivity index (χ1v) is 7.27. The summed E-state index contributed by atoms with van der Waals surface area (Å²) in [4.78, 5) is 36.4. The average Bonchev–Trinajstić information content (AvgIpc) is 2.44. The molecule has 1 rings (SSSR count). The Labute approximate surface area is 131 Å². The van der Waals surface area contributed by atoms with Gasteiger partial charge in [-0.1, -0.05) is 18.6 Å². The predicted octanol–water partition coefficient (Wildman–Crippen LogP) is 2.70. The van der Waals surface area contributed by atoms with Crippen LogP contribution < -0.4 is 0 Å². The lowest BCUT2D eigenvalue weighted by Gasteiger charge is -2.26. The number of carbonyl (C=O) groups is 3. The van der Waals surface area contributed by atoms with Gasteiger partial charge in [-0.25, -0.2) is 0 Å². The molecule has 1 aliphatic carbocycles. The molecule has 1 N–H and O–H groups in total. The number of amides is 1. The summed E-state index contributed by atoms with van der Waals surface area (Å²) in [5.74, 6) is -1.87. The van der Waals surface area contributed by atoms with Gasteiger partial charge in [0.25, 0.3) is 0 Å². The first kappa shape index (κ1) is 17.9.